The Labute approximate surface area is 383 Å². The number of imide groups is 1. The molecule has 10 rings (SSSR count). The monoisotopic (exact) mass is 891 g/mol. The van der Waals surface area contributed by atoms with Crippen molar-refractivity contribution in [3.8, 4) is 0 Å². The zero-order valence-electron chi connectivity index (χ0n) is 37.7. The molecule has 0 spiro atoms. The lowest BCUT2D eigenvalue weighted by molar-refractivity contribution is -0.136. The summed E-state index contributed by atoms with van der Waals surface area (Å²) in [5.41, 5.74) is 6.06. The first-order valence-corrected chi connectivity index (χ1v) is 23.6. The molecule has 1 atom stereocenters. The predicted molar refractivity (Wildman–Crippen MR) is 248 cm³/mol. The van der Waals surface area contributed by atoms with E-state index in [4.69, 9.17) is 9.97 Å². The number of ketones is 1. The van der Waals surface area contributed by atoms with Crippen LogP contribution in [0.15, 0.2) is 71.8 Å². The van der Waals surface area contributed by atoms with Crippen LogP contribution in [0.3, 0.4) is 0 Å². The summed E-state index contributed by atoms with van der Waals surface area (Å²) in [6.07, 6.45) is 11.3. The number of rotatable bonds is 11. The predicted octanol–water partition coefficient (Wildman–Crippen LogP) is 6.18. The van der Waals surface area contributed by atoms with Gasteiger partial charge in [0.1, 0.15) is 17.5 Å². The molecule has 342 valence electrons. The van der Waals surface area contributed by atoms with E-state index in [2.05, 4.69) is 55.7 Å². The lowest BCUT2D eigenvalue weighted by atomic mass is 9.83. The van der Waals surface area contributed by atoms with Crippen molar-refractivity contribution < 1.29 is 24.3 Å². The van der Waals surface area contributed by atoms with Crippen molar-refractivity contribution in [3.05, 3.63) is 122 Å². The second-order valence-corrected chi connectivity index (χ2v) is 19.1. The molecule has 3 N–H and O–H groups in total. The normalized spacial score (nSPS) is 20.8. The fraction of sp³-hybridized carbons (Fsp3) is 0.451. The summed E-state index contributed by atoms with van der Waals surface area (Å²) in [6, 6.07) is 17.9. The molecule has 2 aromatic carbocycles. The number of aliphatic hydroxyl groups is 1. The summed E-state index contributed by atoms with van der Waals surface area (Å²) in [5, 5.41) is 18.1. The molecule has 15 heteroatoms. The highest BCUT2D eigenvalue weighted by molar-refractivity contribution is 6.05. The van der Waals surface area contributed by atoms with Crippen LogP contribution in [0, 0.1) is 6.92 Å². The maximum absolute atomic E-state index is 13.6. The minimum absolute atomic E-state index is 0.0148. The standard InChI is InChI=1S/C51H57N9O6/c1-31-41-27-53-50(56-46(41)60(39-5-3-4-6-39)49(65)45(31)32(2)61)54-43-15-11-36(26-52-43)35-17-21-57(22-18-35)28-33-7-9-34(10-8-33)29-58-23-19-51(66,20-24-58)38-12-13-40-37(25-38)30-59(48(40)64)42-14-16-44(62)55-47(42)63/h7-13,15,25-27,35,39,42,66H,3-6,14,16-24,28-30H2,1-2H3,(H,55,62,63)(H,52,53,54,56). The molecule has 7 heterocycles. The van der Waals surface area contributed by atoms with Gasteiger partial charge in [-0.15, -0.1) is 0 Å². The van der Waals surface area contributed by atoms with E-state index in [0.29, 0.717) is 65.7 Å². The van der Waals surface area contributed by atoms with Gasteiger partial charge in [-0.25, -0.2) is 9.97 Å². The van der Waals surface area contributed by atoms with E-state index in [1.165, 1.54) is 23.6 Å². The summed E-state index contributed by atoms with van der Waals surface area (Å²) in [6.45, 7) is 8.74. The van der Waals surface area contributed by atoms with E-state index >= 15 is 0 Å². The topological polar surface area (TPSA) is 183 Å². The van der Waals surface area contributed by atoms with Gasteiger partial charge in [-0.3, -0.25) is 43.7 Å². The summed E-state index contributed by atoms with van der Waals surface area (Å²) >= 11 is 0. The van der Waals surface area contributed by atoms with Gasteiger partial charge in [-0.2, -0.15) is 4.98 Å². The summed E-state index contributed by atoms with van der Waals surface area (Å²) in [4.78, 5) is 84.0. The number of benzene rings is 2. The third kappa shape index (κ3) is 8.55. The van der Waals surface area contributed by atoms with Crippen molar-refractivity contribution >= 4 is 46.3 Å². The van der Waals surface area contributed by atoms with E-state index in [1.807, 2.05) is 24.4 Å². The largest absolute Gasteiger partial charge is 0.385 e. The maximum atomic E-state index is 13.6. The summed E-state index contributed by atoms with van der Waals surface area (Å²) in [7, 11) is 0. The smallest absolute Gasteiger partial charge is 0.263 e. The molecular weight excluding hydrogens is 835 g/mol. The van der Waals surface area contributed by atoms with Crippen LogP contribution in [-0.4, -0.2) is 95.1 Å². The number of carbonyl (C=O) groups excluding carboxylic acids is 4. The molecule has 5 aliphatic rings. The number of aryl methyl sites for hydroxylation is 1. The Bertz CT molecular complexity index is 2770. The van der Waals surface area contributed by atoms with Crippen LogP contribution in [0.2, 0.25) is 0 Å². The third-order valence-electron chi connectivity index (χ3n) is 14.9. The Balaban J connectivity index is 0.693. The fourth-order valence-corrected chi connectivity index (χ4v) is 11.1. The van der Waals surface area contributed by atoms with Crippen LogP contribution < -0.4 is 16.2 Å². The number of hydrogen-bond acceptors (Lipinski definition) is 12. The van der Waals surface area contributed by atoms with Gasteiger partial charge in [0.2, 0.25) is 17.8 Å². The second-order valence-electron chi connectivity index (χ2n) is 19.1. The van der Waals surface area contributed by atoms with E-state index in [-0.39, 0.29) is 41.2 Å². The number of nitrogens with zero attached hydrogens (tertiary/aromatic N) is 7. The Morgan fingerprint density at radius 3 is 2.20 bits per heavy atom. The Kier molecular flexibility index (Phi) is 11.9. The molecule has 0 radical (unpaired) electrons. The van der Waals surface area contributed by atoms with Gasteiger partial charge in [-0.1, -0.05) is 55.3 Å². The number of aromatic nitrogens is 4. The van der Waals surface area contributed by atoms with Crippen LogP contribution >= 0.6 is 0 Å². The van der Waals surface area contributed by atoms with E-state index < -0.39 is 17.6 Å². The molecule has 3 amide bonds. The zero-order chi connectivity index (χ0) is 45.7. The average Bonchev–Trinajstić information content (AvgIpc) is 3.96. The number of likely N-dealkylation sites (tertiary alicyclic amines) is 2. The second kappa shape index (κ2) is 17.9. The van der Waals surface area contributed by atoms with E-state index in [1.54, 1.807) is 28.7 Å². The minimum atomic E-state index is -0.993. The lowest BCUT2D eigenvalue weighted by Gasteiger charge is -2.38. The van der Waals surface area contributed by atoms with Crippen LogP contribution in [0.25, 0.3) is 11.0 Å². The van der Waals surface area contributed by atoms with Gasteiger partial charge in [0.15, 0.2) is 5.78 Å². The van der Waals surface area contributed by atoms with E-state index in [9.17, 15) is 29.1 Å². The van der Waals surface area contributed by atoms with Gasteiger partial charge in [0, 0.05) is 68.5 Å². The van der Waals surface area contributed by atoms with Crippen molar-refractivity contribution in [1.82, 2.24) is 39.5 Å². The first kappa shape index (κ1) is 43.7. The molecule has 3 aromatic heterocycles. The number of piperidine rings is 3. The molecule has 15 nitrogen and oxygen atoms in total. The van der Waals surface area contributed by atoms with Crippen molar-refractivity contribution in [2.45, 2.75) is 121 Å². The first-order valence-electron chi connectivity index (χ1n) is 23.6. The Hall–Kier alpha value is -6.16. The van der Waals surface area contributed by atoms with Gasteiger partial charge < -0.3 is 15.3 Å². The highest BCUT2D eigenvalue weighted by Crippen LogP contribution is 2.38. The number of anilines is 2. The molecule has 66 heavy (non-hydrogen) atoms. The number of fused-ring (bicyclic) bond motifs is 2. The molecule has 3 saturated heterocycles. The molecule has 5 aromatic rings. The lowest BCUT2D eigenvalue weighted by Crippen LogP contribution is -2.52. The van der Waals surface area contributed by atoms with Crippen LogP contribution in [0.5, 0.6) is 0 Å². The quantitative estimate of drug-likeness (QED) is 0.101. The fourth-order valence-electron chi connectivity index (χ4n) is 11.1. The van der Waals surface area contributed by atoms with Gasteiger partial charge in [0.25, 0.3) is 11.5 Å². The number of nitrogens with one attached hydrogen (secondary N) is 2. The molecular formula is C51H57N9O6. The molecule has 0 bridgehead atoms. The number of carbonyl (C=O) groups is 4. The number of Topliss-reactive ketones (excluding diaryl/α,β-unsaturated/α-hetero) is 1. The molecule has 4 aliphatic heterocycles. The van der Waals surface area contributed by atoms with Gasteiger partial charge >= 0.3 is 0 Å². The highest BCUT2D eigenvalue weighted by Gasteiger charge is 2.41. The van der Waals surface area contributed by atoms with Gasteiger partial charge in [-0.05, 0) is 123 Å². The van der Waals surface area contributed by atoms with Crippen LogP contribution in [0.1, 0.15) is 137 Å². The zero-order valence-corrected chi connectivity index (χ0v) is 37.7. The maximum Gasteiger partial charge on any atom is 0.263 e. The Morgan fingerprint density at radius 2 is 1.55 bits per heavy atom. The number of pyridine rings is 2. The van der Waals surface area contributed by atoms with Crippen molar-refractivity contribution in [2.75, 3.05) is 31.5 Å². The number of hydrogen-bond donors (Lipinski definition) is 3. The number of amides is 3. The molecule has 4 fully saturated rings. The SMILES string of the molecule is CC(=O)c1c(C)c2cnc(Nc3ccc(C4CCN(Cc5ccc(CN6CCC(O)(c7ccc8c(c7)CN(C7CCC(=O)NC7=O)C8=O)CC6)cc5)CC4)cn3)nc2n(C2CCCC2)c1=O. The molecule has 1 aliphatic carbocycles. The molecule has 1 saturated carbocycles. The van der Waals surface area contributed by atoms with Crippen LogP contribution in [0.4, 0.5) is 11.8 Å². The minimum Gasteiger partial charge on any atom is -0.385 e. The first-order chi connectivity index (χ1) is 31.9. The summed E-state index contributed by atoms with van der Waals surface area (Å²) in [5.74, 6) is 0.238. The van der Waals surface area contributed by atoms with Crippen molar-refractivity contribution in [3.63, 3.8) is 0 Å². The highest BCUT2D eigenvalue weighted by atomic mass is 16.3. The van der Waals surface area contributed by atoms with Crippen LogP contribution in [-0.2, 0) is 34.8 Å². The van der Waals surface area contributed by atoms with Crippen molar-refractivity contribution in [2.24, 2.45) is 0 Å². The third-order valence-corrected chi connectivity index (χ3v) is 14.9. The Morgan fingerprint density at radius 1 is 0.848 bits per heavy atom. The van der Waals surface area contributed by atoms with E-state index in [0.717, 1.165) is 88.9 Å². The van der Waals surface area contributed by atoms with Crippen molar-refractivity contribution in [1.29, 1.82) is 0 Å². The average molecular weight is 892 g/mol. The summed E-state index contributed by atoms with van der Waals surface area (Å²) < 4.78 is 1.73. The van der Waals surface area contributed by atoms with Gasteiger partial charge in [0.05, 0.1) is 11.2 Å². The molecule has 1 unspecified atom stereocenters.